The van der Waals surface area contributed by atoms with Crippen LogP contribution in [0, 0.1) is 41.2 Å². The third-order valence-corrected chi connectivity index (χ3v) is 5.75. The average molecular weight is 342 g/mol. The fourth-order valence-corrected chi connectivity index (χ4v) is 4.95. The molecule has 0 heterocycles. The maximum atomic E-state index is 13.7. The molecular weight excluding hydrogens is 328 g/mol. The van der Waals surface area contributed by atoms with Gasteiger partial charge in [0.05, 0.1) is 0 Å². The molecule has 5 heteroatoms. The quantitative estimate of drug-likeness (QED) is 0.866. The lowest BCUT2D eigenvalue weighted by atomic mass is 10.0. The van der Waals surface area contributed by atoms with Crippen LogP contribution in [-0.4, -0.2) is 5.91 Å². The van der Waals surface area contributed by atoms with Crippen LogP contribution in [0.25, 0.3) is 0 Å². The Labute approximate surface area is 124 Å². The fraction of sp³-hybridized carbons (Fsp3) is 0.533. The number of halogens is 3. The summed E-state index contributed by atoms with van der Waals surface area (Å²) in [5.41, 5.74) is -0.324. The van der Waals surface area contributed by atoms with Crippen molar-refractivity contribution in [2.24, 2.45) is 29.6 Å². The van der Waals surface area contributed by atoms with Crippen LogP contribution in [0.15, 0.2) is 16.6 Å². The summed E-state index contributed by atoms with van der Waals surface area (Å²) in [5.74, 6) is 0.560. The lowest BCUT2D eigenvalue weighted by Gasteiger charge is -2.11. The van der Waals surface area contributed by atoms with E-state index in [1.165, 1.54) is 19.3 Å². The number of hydrogen-bond acceptors (Lipinski definition) is 1. The molecule has 3 aliphatic rings. The van der Waals surface area contributed by atoms with Crippen molar-refractivity contribution in [2.75, 3.05) is 5.32 Å². The molecule has 0 aromatic heterocycles. The van der Waals surface area contributed by atoms with Gasteiger partial charge in [0.15, 0.2) is 11.6 Å². The molecule has 2 bridgehead atoms. The van der Waals surface area contributed by atoms with Crippen LogP contribution in [0.3, 0.4) is 0 Å². The molecule has 4 rings (SSSR count). The zero-order valence-electron chi connectivity index (χ0n) is 10.7. The summed E-state index contributed by atoms with van der Waals surface area (Å²) in [5, 5.41) is 2.46. The summed E-state index contributed by atoms with van der Waals surface area (Å²) >= 11 is 3.03. The van der Waals surface area contributed by atoms with E-state index in [4.69, 9.17) is 0 Å². The predicted octanol–water partition coefficient (Wildman–Crippen LogP) is 3.96. The third-order valence-electron chi connectivity index (χ3n) is 5.29. The van der Waals surface area contributed by atoms with Gasteiger partial charge in [0.25, 0.3) is 0 Å². The molecule has 1 aromatic rings. The normalized spacial score (nSPS) is 36.9. The Hall–Kier alpha value is -0.970. The average Bonchev–Trinajstić information content (AvgIpc) is 2.82. The molecule has 1 aromatic carbocycles. The van der Waals surface area contributed by atoms with Crippen LogP contribution in [0.4, 0.5) is 14.5 Å². The molecule has 1 N–H and O–H groups in total. The minimum absolute atomic E-state index is 0.0244. The number of rotatable bonds is 2. The van der Waals surface area contributed by atoms with Crippen molar-refractivity contribution in [3.63, 3.8) is 0 Å². The van der Waals surface area contributed by atoms with Crippen LogP contribution in [0.2, 0.25) is 0 Å². The predicted molar refractivity (Wildman–Crippen MR) is 74.0 cm³/mol. The van der Waals surface area contributed by atoms with Gasteiger partial charge >= 0.3 is 0 Å². The monoisotopic (exact) mass is 341 g/mol. The van der Waals surface area contributed by atoms with Crippen molar-refractivity contribution in [3.05, 3.63) is 28.2 Å². The Kier molecular flexibility index (Phi) is 2.72. The first kappa shape index (κ1) is 12.7. The zero-order chi connectivity index (χ0) is 14.0. The smallest absolute Gasteiger partial charge is 0.228 e. The molecule has 0 spiro atoms. The van der Waals surface area contributed by atoms with Gasteiger partial charge in [-0.3, -0.25) is 4.79 Å². The fourth-order valence-electron chi connectivity index (χ4n) is 4.54. The van der Waals surface area contributed by atoms with Gasteiger partial charge < -0.3 is 5.32 Å². The van der Waals surface area contributed by atoms with Crippen molar-refractivity contribution in [2.45, 2.75) is 19.3 Å². The second-order valence-corrected chi connectivity index (χ2v) is 7.16. The van der Waals surface area contributed by atoms with Gasteiger partial charge in [-0.2, -0.15) is 0 Å². The molecule has 4 atom stereocenters. The van der Waals surface area contributed by atoms with Crippen LogP contribution in [-0.2, 0) is 4.79 Å². The van der Waals surface area contributed by atoms with Gasteiger partial charge in [-0.15, -0.1) is 0 Å². The molecule has 0 aliphatic heterocycles. The summed E-state index contributed by atoms with van der Waals surface area (Å²) in [4.78, 5) is 12.2. The SMILES string of the molecule is O=C(Nc1c(F)cc(Br)cc1F)C1C2C3CCC(C3)C12. The largest absolute Gasteiger partial charge is 0.321 e. The van der Waals surface area contributed by atoms with Crippen molar-refractivity contribution < 1.29 is 13.6 Å². The Morgan fingerprint density at radius 1 is 1.15 bits per heavy atom. The molecule has 3 fully saturated rings. The number of nitrogens with one attached hydrogen (secondary N) is 1. The highest BCUT2D eigenvalue weighted by atomic mass is 79.9. The lowest BCUT2D eigenvalue weighted by molar-refractivity contribution is -0.118. The van der Waals surface area contributed by atoms with E-state index >= 15 is 0 Å². The zero-order valence-corrected chi connectivity index (χ0v) is 12.3. The van der Waals surface area contributed by atoms with E-state index in [0.717, 1.165) is 12.1 Å². The Morgan fingerprint density at radius 2 is 1.70 bits per heavy atom. The first-order valence-corrected chi connectivity index (χ1v) is 7.81. The second kappa shape index (κ2) is 4.26. The van der Waals surface area contributed by atoms with Gasteiger partial charge in [-0.25, -0.2) is 8.78 Å². The Balaban J connectivity index is 1.52. The van der Waals surface area contributed by atoms with E-state index < -0.39 is 11.6 Å². The van der Waals surface area contributed by atoms with E-state index in [0.29, 0.717) is 28.1 Å². The minimum Gasteiger partial charge on any atom is -0.321 e. The number of carbonyl (C=O) groups is 1. The topological polar surface area (TPSA) is 29.1 Å². The molecule has 0 saturated heterocycles. The Morgan fingerprint density at radius 3 is 2.25 bits per heavy atom. The van der Waals surface area contributed by atoms with Crippen molar-refractivity contribution in [1.29, 1.82) is 0 Å². The number of amides is 1. The molecule has 3 saturated carbocycles. The first-order chi connectivity index (χ1) is 9.56. The molecule has 1 amide bonds. The molecule has 2 nitrogen and oxygen atoms in total. The maximum absolute atomic E-state index is 13.7. The molecule has 3 aliphatic carbocycles. The maximum Gasteiger partial charge on any atom is 0.228 e. The highest BCUT2D eigenvalue weighted by molar-refractivity contribution is 9.10. The third kappa shape index (κ3) is 1.75. The second-order valence-electron chi connectivity index (χ2n) is 6.25. The molecule has 0 radical (unpaired) electrons. The van der Waals surface area contributed by atoms with Crippen LogP contribution >= 0.6 is 15.9 Å². The van der Waals surface area contributed by atoms with E-state index in [9.17, 15) is 13.6 Å². The Bertz CT molecular complexity index is 567. The number of carbonyl (C=O) groups excluding carboxylic acids is 1. The summed E-state index contributed by atoms with van der Waals surface area (Å²) in [6, 6.07) is 2.33. The summed E-state index contributed by atoms with van der Waals surface area (Å²) in [6.45, 7) is 0. The van der Waals surface area contributed by atoms with E-state index in [1.807, 2.05) is 0 Å². The number of fused-ring (bicyclic) bond motifs is 5. The summed E-state index contributed by atoms with van der Waals surface area (Å²) < 4.78 is 27.8. The van der Waals surface area contributed by atoms with Crippen LogP contribution < -0.4 is 5.32 Å². The standard InChI is InChI=1S/C15H14BrF2NO/c16-8-4-9(17)14(10(18)5-8)19-15(20)13-11-6-1-2-7(3-6)12(11)13/h4-7,11-13H,1-3H2,(H,19,20). The van der Waals surface area contributed by atoms with Crippen molar-refractivity contribution in [1.82, 2.24) is 0 Å². The minimum atomic E-state index is -0.737. The summed E-state index contributed by atoms with van der Waals surface area (Å²) in [7, 11) is 0. The van der Waals surface area contributed by atoms with Gasteiger partial charge in [-0.1, -0.05) is 15.9 Å². The molecular formula is C15H14BrF2NO. The first-order valence-electron chi connectivity index (χ1n) is 7.01. The van der Waals surface area contributed by atoms with Gasteiger partial charge in [0.2, 0.25) is 5.91 Å². The lowest BCUT2D eigenvalue weighted by Crippen LogP contribution is -2.20. The number of anilines is 1. The van der Waals surface area contributed by atoms with Gasteiger partial charge in [0.1, 0.15) is 5.69 Å². The molecule has 106 valence electrons. The van der Waals surface area contributed by atoms with E-state index in [2.05, 4.69) is 21.2 Å². The highest BCUT2D eigenvalue weighted by Crippen LogP contribution is 2.69. The highest BCUT2D eigenvalue weighted by Gasteiger charge is 2.67. The van der Waals surface area contributed by atoms with Gasteiger partial charge in [-0.05, 0) is 55.1 Å². The van der Waals surface area contributed by atoms with Gasteiger partial charge in [0, 0.05) is 10.4 Å². The number of hydrogen-bond donors (Lipinski definition) is 1. The number of benzene rings is 1. The van der Waals surface area contributed by atoms with E-state index in [1.54, 1.807) is 0 Å². The van der Waals surface area contributed by atoms with Crippen LogP contribution in [0.5, 0.6) is 0 Å². The van der Waals surface area contributed by atoms with Crippen molar-refractivity contribution >= 4 is 27.5 Å². The summed E-state index contributed by atoms with van der Waals surface area (Å²) in [6.07, 6.45) is 3.69. The van der Waals surface area contributed by atoms with E-state index in [-0.39, 0.29) is 17.5 Å². The van der Waals surface area contributed by atoms with Crippen LogP contribution in [0.1, 0.15) is 19.3 Å². The van der Waals surface area contributed by atoms with Crippen molar-refractivity contribution in [3.8, 4) is 0 Å². The molecule has 20 heavy (non-hydrogen) atoms. The molecule has 4 unspecified atom stereocenters.